The summed E-state index contributed by atoms with van der Waals surface area (Å²) < 4.78 is 12.3. The topological polar surface area (TPSA) is 26.3 Å². The lowest BCUT2D eigenvalue weighted by Crippen LogP contribution is -1.92. The van der Waals surface area contributed by atoms with E-state index in [1.807, 2.05) is 6.07 Å². The van der Waals surface area contributed by atoms with Crippen molar-refractivity contribution < 1.29 is 8.83 Å². The minimum absolute atomic E-state index is 0.864. The van der Waals surface area contributed by atoms with E-state index >= 15 is 0 Å². The maximum absolute atomic E-state index is 6.46. The van der Waals surface area contributed by atoms with Crippen LogP contribution in [0.4, 0.5) is 0 Å². The molecule has 2 aromatic heterocycles. The fourth-order valence-electron chi connectivity index (χ4n) is 7.46. The average molecular weight is 561 g/mol. The molecule has 0 aliphatic heterocycles. The molecule has 0 unspecified atom stereocenters. The van der Waals surface area contributed by atoms with Gasteiger partial charge in [-0.25, -0.2) is 0 Å². The van der Waals surface area contributed by atoms with E-state index in [0.29, 0.717) is 0 Å². The lowest BCUT2D eigenvalue weighted by molar-refractivity contribution is 0.616. The molecule has 204 valence electrons. The lowest BCUT2D eigenvalue weighted by Gasteiger charge is -2.20. The molecule has 0 radical (unpaired) electrons. The van der Waals surface area contributed by atoms with Gasteiger partial charge in [-0.1, -0.05) is 109 Å². The summed E-state index contributed by atoms with van der Waals surface area (Å²) in [7, 11) is 0. The smallest absolute Gasteiger partial charge is 0.136 e. The van der Waals surface area contributed by atoms with Crippen LogP contribution in [0.1, 0.15) is 0 Å². The molecule has 0 atom stereocenters. The molecular formula is C42H24O2. The zero-order chi connectivity index (χ0) is 28.8. The Hall–Kier alpha value is -5.86. The highest BCUT2D eigenvalue weighted by molar-refractivity contribution is 6.28. The maximum atomic E-state index is 6.46. The lowest BCUT2D eigenvalue weighted by atomic mass is 9.83. The SMILES string of the molecule is c1ccc2c(c1)cc(-c1c3ccccc3c(-c3cccc4oc5cc6ccoc6cc5c34)c3ccccc13)c1ccccc12. The van der Waals surface area contributed by atoms with Crippen LogP contribution in [-0.4, -0.2) is 0 Å². The van der Waals surface area contributed by atoms with Gasteiger partial charge in [0.25, 0.3) is 0 Å². The van der Waals surface area contributed by atoms with Gasteiger partial charge in [-0.2, -0.15) is 0 Å². The molecule has 2 nitrogen and oxygen atoms in total. The van der Waals surface area contributed by atoms with E-state index < -0.39 is 0 Å². The molecule has 44 heavy (non-hydrogen) atoms. The van der Waals surface area contributed by atoms with Crippen LogP contribution in [0.2, 0.25) is 0 Å². The molecule has 0 fully saturated rings. The van der Waals surface area contributed by atoms with E-state index in [9.17, 15) is 0 Å². The molecule has 2 heterocycles. The summed E-state index contributed by atoms with van der Waals surface area (Å²) in [6.45, 7) is 0. The van der Waals surface area contributed by atoms with Crippen LogP contribution in [0.15, 0.2) is 155 Å². The van der Waals surface area contributed by atoms with Crippen molar-refractivity contribution in [2.24, 2.45) is 0 Å². The van der Waals surface area contributed by atoms with Gasteiger partial charge in [0.15, 0.2) is 0 Å². The van der Waals surface area contributed by atoms with Crippen molar-refractivity contribution in [3.05, 3.63) is 146 Å². The third-order valence-electron chi connectivity index (χ3n) is 9.31. The normalized spacial score (nSPS) is 12.1. The summed E-state index contributed by atoms with van der Waals surface area (Å²) in [5, 5.41) is 13.2. The van der Waals surface area contributed by atoms with Gasteiger partial charge in [0, 0.05) is 16.2 Å². The molecule has 0 bridgehead atoms. The highest BCUT2D eigenvalue weighted by Crippen LogP contribution is 2.48. The first-order chi connectivity index (χ1) is 21.8. The molecule has 0 N–H and O–H groups in total. The van der Waals surface area contributed by atoms with E-state index in [4.69, 9.17) is 8.83 Å². The first-order valence-electron chi connectivity index (χ1n) is 15.0. The third-order valence-corrected chi connectivity index (χ3v) is 9.31. The Kier molecular flexibility index (Phi) is 4.75. The second-order valence-corrected chi connectivity index (χ2v) is 11.6. The van der Waals surface area contributed by atoms with Crippen LogP contribution < -0.4 is 0 Å². The zero-order valence-corrected chi connectivity index (χ0v) is 23.7. The average Bonchev–Trinajstić information content (AvgIpc) is 3.69. The number of rotatable bonds is 2. The van der Waals surface area contributed by atoms with Crippen LogP contribution in [-0.2, 0) is 0 Å². The molecule has 8 aromatic carbocycles. The van der Waals surface area contributed by atoms with Crippen molar-refractivity contribution in [2.75, 3.05) is 0 Å². The third kappa shape index (κ3) is 3.20. The fourth-order valence-corrected chi connectivity index (χ4v) is 7.46. The molecule has 0 aliphatic rings. The van der Waals surface area contributed by atoms with Crippen LogP contribution in [0.5, 0.6) is 0 Å². The van der Waals surface area contributed by atoms with Gasteiger partial charge in [0.2, 0.25) is 0 Å². The first-order valence-corrected chi connectivity index (χ1v) is 15.0. The van der Waals surface area contributed by atoms with E-state index in [1.54, 1.807) is 6.26 Å². The predicted molar refractivity (Wildman–Crippen MR) is 184 cm³/mol. The second kappa shape index (κ2) is 8.82. The molecule has 10 rings (SSSR count). The monoisotopic (exact) mass is 560 g/mol. The first kappa shape index (κ1) is 23.7. The molecule has 0 spiro atoms. The highest BCUT2D eigenvalue weighted by atomic mass is 16.3. The minimum atomic E-state index is 0.864. The standard InChI is InChI=1S/C42H24O2/c1-2-11-27-25(10-1)22-35(29-13-4-3-12-28(27)29)41-32-16-7-5-14-30(32)40(31-15-6-8-17-33(31)41)34-18-9-19-37-42(34)36-24-38-26(20-21-43-38)23-39(36)44-37/h1-24H. The Morgan fingerprint density at radius 3 is 1.68 bits per heavy atom. The molecule has 10 aromatic rings. The summed E-state index contributed by atoms with van der Waals surface area (Å²) in [6.07, 6.45) is 1.74. The maximum Gasteiger partial charge on any atom is 0.136 e. The zero-order valence-electron chi connectivity index (χ0n) is 23.7. The van der Waals surface area contributed by atoms with Crippen molar-refractivity contribution in [1.29, 1.82) is 0 Å². The summed E-state index contributed by atoms with van der Waals surface area (Å²) in [5.41, 5.74) is 7.52. The van der Waals surface area contributed by atoms with Gasteiger partial charge in [-0.3, -0.25) is 0 Å². The van der Waals surface area contributed by atoms with Gasteiger partial charge in [-0.15, -0.1) is 0 Å². The van der Waals surface area contributed by atoms with Gasteiger partial charge >= 0.3 is 0 Å². The van der Waals surface area contributed by atoms with Crippen molar-refractivity contribution in [1.82, 2.24) is 0 Å². The van der Waals surface area contributed by atoms with Gasteiger partial charge < -0.3 is 8.83 Å². The summed E-state index contributed by atoms with van der Waals surface area (Å²) in [4.78, 5) is 0. The number of furan rings is 2. The van der Waals surface area contributed by atoms with Crippen LogP contribution in [0.3, 0.4) is 0 Å². The fraction of sp³-hybridized carbons (Fsp3) is 0. The Labute approximate surface area is 252 Å². The van der Waals surface area contributed by atoms with Crippen LogP contribution in [0.25, 0.3) is 98.3 Å². The number of benzene rings is 8. The molecule has 0 saturated heterocycles. The number of hydrogen-bond acceptors (Lipinski definition) is 2. The van der Waals surface area contributed by atoms with E-state index in [2.05, 4.69) is 133 Å². The number of hydrogen-bond donors (Lipinski definition) is 0. The quantitative estimate of drug-likeness (QED) is 0.155. The summed E-state index contributed by atoms with van der Waals surface area (Å²) >= 11 is 0. The molecule has 0 aliphatic carbocycles. The van der Waals surface area contributed by atoms with Crippen LogP contribution >= 0.6 is 0 Å². The minimum Gasteiger partial charge on any atom is -0.464 e. The molecule has 2 heteroatoms. The van der Waals surface area contributed by atoms with Gasteiger partial charge in [0.1, 0.15) is 16.7 Å². The Morgan fingerprint density at radius 1 is 0.341 bits per heavy atom. The largest absolute Gasteiger partial charge is 0.464 e. The van der Waals surface area contributed by atoms with Gasteiger partial charge in [0.05, 0.1) is 6.26 Å². The highest BCUT2D eigenvalue weighted by Gasteiger charge is 2.21. The summed E-state index contributed by atoms with van der Waals surface area (Å²) in [6, 6.07) is 50.3. The Bertz CT molecular complexity index is 2720. The molecule has 0 saturated carbocycles. The molecular weight excluding hydrogens is 536 g/mol. The van der Waals surface area contributed by atoms with Crippen LogP contribution in [0, 0.1) is 0 Å². The van der Waals surface area contributed by atoms with E-state index in [0.717, 1.165) is 38.5 Å². The Morgan fingerprint density at radius 2 is 0.955 bits per heavy atom. The second-order valence-electron chi connectivity index (χ2n) is 11.6. The molecule has 0 amide bonds. The Balaban J connectivity index is 1.39. The van der Waals surface area contributed by atoms with Crippen molar-refractivity contribution in [3.63, 3.8) is 0 Å². The number of fused-ring (bicyclic) bond motifs is 9. The summed E-state index contributed by atoms with van der Waals surface area (Å²) in [5.74, 6) is 0. The van der Waals surface area contributed by atoms with E-state index in [1.165, 1.54) is 59.8 Å². The van der Waals surface area contributed by atoms with Crippen molar-refractivity contribution in [3.8, 4) is 22.3 Å². The van der Waals surface area contributed by atoms with E-state index in [-0.39, 0.29) is 0 Å². The van der Waals surface area contributed by atoms with Crippen molar-refractivity contribution >= 4 is 76.0 Å². The van der Waals surface area contributed by atoms with Gasteiger partial charge in [-0.05, 0) is 95.7 Å². The predicted octanol–water partition coefficient (Wildman–Crippen LogP) is 12.3. The van der Waals surface area contributed by atoms with Crippen molar-refractivity contribution in [2.45, 2.75) is 0 Å².